The molecule has 3 rings (SSSR count). The average molecular weight is 279 g/mol. The van der Waals surface area contributed by atoms with Crippen LogP contribution in [0.1, 0.15) is 49.8 Å². The average Bonchev–Trinajstić information content (AvgIpc) is 2.83. The molecule has 3 heterocycles. The molecular formula is C11H20Cl2N4. The van der Waals surface area contributed by atoms with Crippen molar-refractivity contribution in [1.82, 2.24) is 20.1 Å². The topological polar surface area (TPSA) is 42.7 Å². The van der Waals surface area contributed by atoms with E-state index in [1.165, 1.54) is 43.8 Å². The molecule has 0 amide bonds. The number of aromatic nitrogens is 3. The van der Waals surface area contributed by atoms with Gasteiger partial charge in [0.2, 0.25) is 0 Å². The predicted octanol–water partition coefficient (Wildman–Crippen LogP) is 2.27. The number of hydrogen-bond acceptors (Lipinski definition) is 3. The van der Waals surface area contributed by atoms with Gasteiger partial charge in [-0.2, -0.15) is 0 Å². The molecule has 0 aliphatic carbocycles. The van der Waals surface area contributed by atoms with Crippen molar-refractivity contribution < 1.29 is 0 Å². The van der Waals surface area contributed by atoms with Crippen molar-refractivity contribution in [3.63, 3.8) is 0 Å². The predicted molar refractivity (Wildman–Crippen MR) is 72.1 cm³/mol. The molecule has 0 bridgehead atoms. The molecule has 1 unspecified atom stereocenters. The van der Waals surface area contributed by atoms with Crippen LogP contribution in [0.4, 0.5) is 0 Å². The highest BCUT2D eigenvalue weighted by atomic mass is 35.5. The highest BCUT2D eigenvalue weighted by Gasteiger charge is 2.24. The molecule has 1 aromatic rings. The Labute approximate surface area is 114 Å². The molecule has 1 fully saturated rings. The largest absolute Gasteiger partial charge is 0.314 e. The van der Waals surface area contributed by atoms with E-state index in [9.17, 15) is 0 Å². The van der Waals surface area contributed by atoms with E-state index >= 15 is 0 Å². The number of hydrogen-bond donors (Lipinski definition) is 1. The third-order valence-electron chi connectivity index (χ3n) is 3.51. The zero-order chi connectivity index (χ0) is 10.1. The Morgan fingerprint density at radius 3 is 2.71 bits per heavy atom. The molecule has 6 heteroatoms. The van der Waals surface area contributed by atoms with Crippen molar-refractivity contribution in [2.75, 3.05) is 6.54 Å². The summed E-state index contributed by atoms with van der Waals surface area (Å²) in [7, 11) is 0. The zero-order valence-corrected chi connectivity index (χ0v) is 11.5. The Hall–Kier alpha value is -0.320. The molecule has 17 heavy (non-hydrogen) atoms. The minimum absolute atomic E-state index is 0. The fourth-order valence-corrected chi connectivity index (χ4v) is 2.67. The number of rotatable bonds is 1. The first-order valence-electron chi connectivity index (χ1n) is 6.10. The van der Waals surface area contributed by atoms with Gasteiger partial charge < -0.3 is 9.88 Å². The molecule has 1 N–H and O–H groups in total. The quantitative estimate of drug-likeness (QED) is 0.857. The second-order valence-corrected chi connectivity index (χ2v) is 4.59. The molecule has 4 nitrogen and oxygen atoms in total. The Kier molecular flexibility index (Phi) is 5.70. The van der Waals surface area contributed by atoms with Crippen molar-refractivity contribution in [2.24, 2.45) is 0 Å². The smallest absolute Gasteiger partial charge is 0.150 e. The van der Waals surface area contributed by atoms with Crippen LogP contribution < -0.4 is 5.32 Å². The molecule has 98 valence electrons. The summed E-state index contributed by atoms with van der Waals surface area (Å²) in [5.41, 5.74) is 0. The zero-order valence-electron chi connectivity index (χ0n) is 9.89. The van der Waals surface area contributed by atoms with Crippen LogP contribution in [0.25, 0.3) is 0 Å². The summed E-state index contributed by atoms with van der Waals surface area (Å²) < 4.78 is 2.36. The van der Waals surface area contributed by atoms with E-state index in [-0.39, 0.29) is 24.8 Å². The number of aryl methyl sites for hydroxylation is 1. The van der Waals surface area contributed by atoms with Crippen molar-refractivity contribution in [3.05, 3.63) is 11.6 Å². The fraction of sp³-hybridized carbons (Fsp3) is 0.818. The van der Waals surface area contributed by atoms with Crippen LogP contribution in [0.5, 0.6) is 0 Å². The lowest BCUT2D eigenvalue weighted by Gasteiger charge is -2.12. The van der Waals surface area contributed by atoms with Gasteiger partial charge in [0.05, 0.1) is 6.04 Å². The molecule has 0 saturated carbocycles. The summed E-state index contributed by atoms with van der Waals surface area (Å²) in [5.74, 6) is 2.39. The summed E-state index contributed by atoms with van der Waals surface area (Å²) in [6.45, 7) is 2.25. The van der Waals surface area contributed by atoms with E-state index in [0.717, 1.165) is 19.5 Å². The molecule has 1 atom stereocenters. The van der Waals surface area contributed by atoms with Gasteiger partial charge in [-0.25, -0.2) is 0 Å². The lowest BCUT2D eigenvalue weighted by Crippen LogP contribution is -2.18. The monoisotopic (exact) mass is 278 g/mol. The van der Waals surface area contributed by atoms with Crippen LogP contribution in [0.15, 0.2) is 0 Å². The molecule has 0 radical (unpaired) electrons. The molecule has 0 spiro atoms. The molecular weight excluding hydrogens is 259 g/mol. The second kappa shape index (κ2) is 6.57. The number of fused-ring (bicyclic) bond motifs is 1. The Bertz CT molecular complexity index is 347. The van der Waals surface area contributed by atoms with Gasteiger partial charge in [-0.15, -0.1) is 35.0 Å². The van der Waals surface area contributed by atoms with Crippen LogP contribution in [-0.2, 0) is 13.0 Å². The summed E-state index contributed by atoms with van der Waals surface area (Å²) in [6, 6.07) is 0.462. The van der Waals surface area contributed by atoms with Crippen molar-refractivity contribution >= 4 is 24.8 Å². The first-order chi connectivity index (χ1) is 7.45. The van der Waals surface area contributed by atoms with Gasteiger partial charge in [0.25, 0.3) is 0 Å². The third kappa shape index (κ3) is 2.92. The van der Waals surface area contributed by atoms with E-state index in [1.807, 2.05) is 0 Å². The Morgan fingerprint density at radius 2 is 1.94 bits per heavy atom. The van der Waals surface area contributed by atoms with Gasteiger partial charge in [-0.3, -0.25) is 0 Å². The second-order valence-electron chi connectivity index (χ2n) is 4.59. The van der Waals surface area contributed by atoms with E-state index < -0.39 is 0 Å². The van der Waals surface area contributed by atoms with Gasteiger partial charge in [-0.1, -0.05) is 6.42 Å². The minimum atomic E-state index is 0. The first kappa shape index (κ1) is 14.7. The number of halogens is 2. The van der Waals surface area contributed by atoms with Crippen molar-refractivity contribution in [2.45, 2.75) is 51.1 Å². The molecule has 2 aliphatic heterocycles. The maximum atomic E-state index is 4.37. The highest BCUT2D eigenvalue weighted by molar-refractivity contribution is 5.85. The first-order valence-corrected chi connectivity index (χ1v) is 6.10. The molecule has 2 aliphatic rings. The standard InChI is InChI=1S/C11H18N4.2ClH/c1-2-6-10-13-14-11(15(10)8-3-1)9-5-4-7-12-9;;/h9,12H,1-8H2;2*1H. The molecule has 0 aromatic carbocycles. The van der Waals surface area contributed by atoms with E-state index in [2.05, 4.69) is 20.1 Å². The SMILES string of the molecule is C1CCc2nnc(C3CCCN3)n2CC1.Cl.Cl. The summed E-state index contributed by atoms with van der Waals surface area (Å²) in [6.07, 6.45) is 7.49. The molecule has 1 aromatic heterocycles. The summed E-state index contributed by atoms with van der Waals surface area (Å²) >= 11 is 0. The van der Waals surface area contributed by atoms with Crippen molar-refractivity contribution in [3.8, 4) is 0 Å². The maximum Gasteiger partial charge on any atom is 0.150 e. The van der Waals surface area contributed by atoms with Gasteiger partial charge in [0, 0.05) is 13.0 Å². The minimum Gasteiger partial charge on any atom is -0.314 e. The Morgan fingerprint density at radius 1 is 1.06 bits per heavy atom. The van der Waals surface area contributed by atoms with Crippen LogP contribution in [0.2, 0.25) is 0 Å². The van der Waals surface area contributed by atoms with Crippen LogP contribution in [-0.4, -0.2) is 21.3 Å². The van der Waals surface area contributed by atoms with Gasteiger partial charge in [0.15, 0.2) is 0 Å². The van der Waals surface area contributed by atoms with Gasteiger partial charge in [-0.05, 0) is 32.2 Å². The normalized spacial score (nSPS) is 23.2. The fourth-order valence-electron chi connectivity index (χ4n) is 2.67. The van der Waals surface area contributed by atoms with E-state index in [0.29, 0.717) is 6.04 Å². The van der Waals surface area contributed by atoms with E-state index in [1.54, 1.807) is 0 Å². The van der Waals surface area contributed by atoms with Gasteiger partial charge >= 0.3 is 0 Å². The molecule has 1 saturated heterocycles. The maximum absolute atomic E-state index is 4.37. The lowest BCUT2D eigenvalue weighted by atomic mass is 10.2. The summed E-state index contributed by atoms with van der Waals surface area (Å²) in [4.78, 5) is 0. The Balaban J connectivity index is 0.000000722. The van der Waals surface area contributed by atoms with Crippen LogP contribution in [0, 0.1) is 0 Å². The van der Waals surface area contributed by atoms with Gasteiger partial charge in [0.1, 0.15) is 11.6 Å². The highest BCUT2D eigenvalue weighted by Crippen LogP contribution is 2.24. The van der Waals surface area contributed by atoms with Crippen molar-refractivity contribution in [1.29, 1.82) is 0 Å². The van der Waals surface area contributed by atoms with Crippen LogP contribution >= 0.6 is 24.8 Å². The van der Waals surface area contributed by atoms with E-state index in [4.69, 9.17) is 0 Å². The third-order valence-corrected chi connectivity index (χ3v) is 3.51. The summed E-state index contributed by atoms with van der Waals surface area (Å²) in [5, 5.41) is 12.2. The van der Waals surface area contributed by atoms with Crippen LogP contribution in [0.3, 0.4) is 0 Å². The number of nitrogens with zero attached hydrogens (tertiary/aromatic N) is 3. The number of nitrogens with one attached hydrogen (secondary N) is 1. The lowest BCUT2D eigenvalue weighted by molar-refractivity contribution is 0.532.